The van der Waals surface area contributed by atoms with Gasteiger partial charge in [-0.2, -0.15) is 0 Å². The quantitative estimate of drug-likeness (QED) is 0.164. The SMILES string of the molecule is [N-]=[N+]=NOP(=O)([O-])OCCCCC(=O)Cc1ccccc1. The lowest BCUT2D eigenvalue weighted by molar-refractivity contribution is -0.225. The van der Waals surface area contributed by atoms with Crippen LogP contribution in [0.25, 0.3) is 10.4 Å². The van der Waals surface area contributed by atoms with Gasteiger partial charge in [-0.1, -0.05) is 30.3 Å². The minimum atomic E-state index is -4.58. The second-order valence-electron chi connectivity index (χ2n) is 4.19. The van der Waals surface area contributed by atoms with Crippen molar-refractivity contribution in [1.29, 1.82) is 0 Å². The number of ketones is 1. The predicted molar refractivity (Wildman–Crippen MR) is 72.8 cm³/mol. The highest BCUT2D eigenvalue weighted by atomic mass is 31.2. The molecule has 0 aliphatic rings. The van der Waals surface area contributed by atoms with Gasteiger partial charge in [0, 0.05) is 17.8 Å². The largest absolute Gasteiger partial charge is 0.746 e. The van der Waals surface area contributed by atoms with Crippen LogP contribution in [0.4, 0.5) is 0 Å². The molecule has 0 saturated heterocycles. The van der Waals surface area contributed by atoms with Crippen LogP contribution < -0.4 is 4.89 Å². The number of hydrogen-bond acceptors (Lipinski definition) is 6. The van der Waals surface area contributed by atoms with Crippen molar-refractivity contribution in [1.82, 2.24) is 0 Å². The number of nitrogens with zero attached hydrogens (tertiary/aromatic N) is 3. The van der Waals surface area contributed by atoms with Gasteiger partial charge in [0.15, 0.2) is 0 Å². The summed E-state index contributed by atoms with van der Waals surface area (Å²) in [7, 11) is -4.58. The van der Waals surface area contributed by atoms with Gasteiger partial charge in [-0.3, -0.25) is 9.36 Å². The molecule has 8 nitrogen and oxygen atoms in total. The fraction of sp³-hybridized carbons (Fsp3) is 0.417. The molecule has 0 aliphatic heterocycles. The third kappa shape index (κ3) is 8.12. The van der Waals surface area contributed by atoms with E-state index in [2.05, 4.69) is 19.3 Å². The van der Waals surface area contributed by atoms with Crippen molar-refractivity contribution < 1.29 is 23.4 Å². The molecule has 1 atom stereocenters. The highest BCUT2D eigenvalue weighted by molar-refractivity contribution is 7.45. The molecule has 1 aromatic rings. The lowest BCUT2D eigenvalue weighted by atomic mass is 10.1. The molecular formula is C12H15N3O5P-. The summed E-state index contributed by atoms with van der Waals surface area (Å²) >= 11 is 0. The first-order chi connectivity index (χ1) is 10.0. The van der Waals surface area contributed by atoms with Crippen LogP contribution in [0.5, 0.6) is 0 Å². The summed E-state index contributed by atoms with van der Waals surface area (Å²) < 4.78 is 19.2. The molecule has 0 heterocycles. The van der Waals surface area contributed by atoms with Gasteiger partial charge >= 0.3 is 7.82 Å². The zero-order valence-electron chi connectivity index (χ0n) is 11.3. The van der Waals surface area contributed by atoms with Crippen LogP contribution in [0.3, 0.4) is 0 Å². The third-order valence-electron chi connectivity index (χ3n) is 2.52. The van der Waals surface area contributed by atoms with Gasteiger partial charge in [0.1, 0.15) is 11.1 Å². The monoisotopic (exact) mass is 312 g/mol. The fourth-order valence-electron chi connectivity index (χ4n) is 1.60. The van der Waals surface area contributed by atoms with Crippen LogP contribution >= 0.6 is 7.82 Å². The molecule has 0 amide bonds. The Labute approximate surface area is 121 Å². The topological polar surface area (TPSA) is 124 Å². The second-order valence-corrected chi connectivity index (χ2v) is 5.51. The zero-order chi connectivity index (χ0) is 15.6. The van der Waals surface area contributed by atoms with E-state index in [4.69, 9.17) is 5.53 Å². The Morgan fingerprint density at radius 2 is 2.05 bits per heavy atom. The maximum absolute atomic E-state index is 11.7. The highest BCUT2D eigenvalue weighted by Gasteiger charge is 2.09. The Morgan fingerprint density at radius 3 is 2.71 bits per heavy atom. The van der Waals surface area contributed by atoms with Crippen LogP contribution in [0.1, 0.15) is 24.8 Å². The Hall–Kier alpha value is -1.85. The number of benzene rings is 1. The molecule has 9 heteroatoms. The van der Waals surface area contributed by atoms with Gasteiger partial charge in [-0.05, 0) is 23.9 Å². The summed E-state index contributed by atoms with van der Waals surface area (Å²) in [5, 5.41) is 2.44. The smallest absolute Gasteiger partial charge is 0.326 e. The Morgan fingerprint density at radius 1 is 1.33 bits per heavy atom. The number of phosphoric acid groups is 1. The van der Waals surface area contributed by atoms with Gasteiger partial charge in [-0.25, -0.2) is 0 Å². The maximum Gasteiger partial charge on any atom is 0.326 e. The van der Waals surface area contributed by atoms with Crippen molar-refractivity contribution in [3.8, 4) is 0 Å². The number of unbranched alkanes of at least 4 members (excludes halogenated alkanes) is 1. The van der Waals surface area contributed by atoms with Gasteiger partial charge in [0.2, 0.25) is 0 Å². The number of carbonyl (C=O) groups excluding carboxylic acids is 1. The molecule has 0 spiro atoms. The van der Waals surface area contributed by atoms with Crippen molar-refractivity contribution in [3.05, 3.63) is 46.3 Å². The summed E-state index contributed by atoms with van der Waals surface area (Å²) in [6.45, 7) is -0.125. The number of hydrogen-bond donors (Lipinski definition) is 0. The molecule has 114 valence electrons. The fourth-order valence-corrected chi connectivity index (χ4v) is 2.12. The van der Waals surface area contributed by atoms with E-state index in [1.165, 1.54) is 0 Å². The van der Waals surface area contributed by atoms with Gasteiger partial charge < -0.3 is 14.0 Å². The summed E-state index contributed by atoms with van der Waals surface area (Å²) in [5.41, 5.74) is 8.85. The zero-order valence-corrected chi connectivity index (χ0v) is 12.1. The standard InChI is InChI=1S/C12H16N3O5P/c13-14-15-20-21(17,18)19-9-5-4-8-12(16)10-11-6-2-1-3-7-11/h1-3,6-7H,4-5,8-10H2,(H,17,18)/p-1. The summed E-state index contributed by atoms with van der Waals surface area (Å²) in [6.07, 6.45) is 1.60. The Bertz CT molecular complexity index is 545. The Kier molecular flexibility index (Phi) is 7.50. The first kappa shape index (κ1) is 17.2. The highest BCUT2D eigenvalue weighted by Crippen LogP contribution is 2.38. The average Bonchev–Trinajstić information content (AvgIpc) is 2.46. The van der Waals surface area contributed by atoms with Crippen molar-refractivity contribution in [3.63, 3.8) is 0 Å². The summed E-state index contributed by atoms with van der Waals surface area (Å²) in [6, 6.07) is 9.37. The van der Waals surface area contributed by atoms with Crippen LogP contribution in [-0.4, -0.2) is 12.4 Å². The van der Waals surface area contributed by atoms with E-state index < -0.39 is 7.82 Å². The molecule has 21 heavy (non-hydrogen) atoms. The Balaban J connectivity index is 2.15. The molecule has 0 saturated carbocycles. The first-order valence-electron chi connectivity index (χ1n) is 6.28. The first-order valence-corrected chi connectivity index (χ1v) is 7.74. The lowest BCUT2D eigenvalue weighted by Gasteiger charge is -2.18. The molecule has 1 aromatic carbocycles. The minimum absolute atomic E-state index is 0.0804. The second kappa shape index (κ2) is 9.15. The van der Waals surface area contributed by atoms with Gasteiger partial charge in [0.05, 0.1) is 6.61 Å². The van der Waals surface area contributed by atoms with Crippen LogP contribution in [0.15, 0.2) is 35.6 Å². The van der Waals surface area contributed by atoms with E-state index in [0.29, 0.717) is 25.7 Å². The van der Waals surface area contributed by atoms with E-state index in [9.17, 15) is 14.3 Å². The van der Waals surface area contributed by atoms with Crippen LogP contribution in [-0.2, 0) is 24.9 Å². The van der Waals surface area contributed by atoms with Crippen LogP contribution in [0.2, 0.25) is 0 Å². The molecular weight excluding hydrogens is 297 g/mol. The lowest BCUT2D eigenvalue weighted by Crippen LogP contribution is -2.07. The molecule has 0 N–H and O–H groups in total. The molecule has 0 fully saturated rings. The molecule has 0 radical (unpaired) electrons. The van der Waals surface area contributed by atoms with Gasteiger partial charge in [-0.15, -0.1) is 0 Å². The maximum atomic E-state index is 11.7. The van der Waals surface area contributed by atoms with E-state index >= 15 is 0 Å². The van der Waals surface area contributed by atoms with Crippen molar-refractivity contribution in [2.75, 3.05) is 6.61 Å². The van der Waals surface area contributed by atoms with E-state index in [1.54, 1.807) is 0 Å². The molecule has 1 rings (SSSR count). The molecule has 0 aromatic heterocycles. The number of Topliss-reactive ketones (excluding diaryl/α,β-unsaturated/α-hetero) is 1. The van der Waals surface area contributed by atoms with E-state index in [0.717, 1.165) is 5.56 Å². The molecule has 0 bridgehead atoms. The normalized spacial score (nSPS) is 13.0. The predicted octanol–water partition coefficient (Wildman–Crippen LogP) is 2.70. The van der Waals surface area contributed by atoms with Crippen LogP contribution in [0, 0.1) is 0 Å². The van der Waals surface area contributed by atoms with Crippen molar-refractivity contribution >= 4 is 13.6 Å². The summed E-state index contributed by atoms with van der Waals surface area (Å²) in [4.78, 5) is 24.8. The summed E-state index contributed by atoms with van der Waals surface area (Å²) in [5.74, 6) is 0.0804. The molecule has 1 unspecified atom stereocenters. The average molecular weight is 312 g/mol. The number of rotatable bonds is 10. The third-order valence-corrected chi connectivity index (χ3v) is 3.29. The number of carbonyl (C=O) groups is 1. The number of azide groups is 1. The van der Waals surface area contributed by atoms with Crippen molar-refractivity contribution in [2.24, 2.45) is 5.28 Å². The minimum Gasteiger partial charge on any atom is -0.746 e. The molecule has 0 aliphatic carbocycles. The van der Waals surface area contributed by atoms with E-state index in [-0.39, 0.29) is 12.4 Å². The van der Waals surface area contributed by atoms with Crippen molar-refractivity contribution in [2.45, 2.75) is 25.7 Å². The number of phosphoric ester groups is 1. The van der Waals surface area contributed by atoms with E-state index in [1.807, 2.05) is 30.3 Å². The van der Waals surface area contributed by atoms with Gasteiger partial charge in [0.25, 0.3) is 0 Å².